The van der Waals surface area contributed by atoms with Crippen molar-refractivity contribution in [3.8, 4) is 0 Å². The van der Waals surface area contributed by atoms with Gasteiger partial charge >= 0.3 is 5.97 Å². The van der Waals surface area contributed by atoms with Gasteiger partial charge in [-0.25, -0.2) is 9.79 Å². The maximum Gasteiger partial charge on any atom is 0.371 e. The quantitative estimate of drug-likeness (QED) is 0.555. The van der Waals surface area contributed by atoms with Crippen LogP contribution in [0.15, 0.2) is 33.7 Å². The summed E-state index contributed by atoms with van der Waals surface area (Å²) in [6, 6.07) is 6.31. The van der Waals surface area contributed by atoms with E-state index in [-0.39, 0.29) is 24.1 Å². The Morgan fingerprint density at radius 2 is 2.00 bits per heavy atom. The topological polar surface area (TPSA) is 115 Å². The molecule has 0 saturated carbocycles. The molecule has 2 rings (SSSR count). The number of carboxylic acids is 1. The lowest BCUT2D eigenvalue weighted by Gasteiger charge is -1.94. The van der Waals surface area contributed by atoms with Crippen LogP contribution in [0.3, 0.4) is 0 Å². The third-order valence-electron chi connectivity index (χ3n) is 1.97. The highest BCUT2D eigenvalue weighted by molar-refractivity contribution is 5.92. The molecule has 0 aliphatic rings. The Morgan fingerprint density at radius 3 is 2.59 bits per heavy atom. The third kappa shape index (κ3) is 2.67. The zero-order chi connectivity index (χ0) is 11.7. The van der Waals surface area contributed by atoms with E-state index in [2.05, 4.69) is 4.99 Å². The molecule has 1 aromatic carbocycles. The smallest absolute Gasteiger partial charge is 0.371 e. The lowest BCUT2D eigenvalue weighted by atomic mass is 10.2. The first-order chi connectivity index (χ1) is 7.56. The molecule has 0 fully saturated rings. The molecule has 0 aliphatic carbocycles. The van der Waals surface area contributed by atoms with Gasteiger partial charge in [0.25, 0.3) is 0 Å². The number of hydrogen-bond acceptors (Lipinski definition) is 3. The largest absolute Gasteiger partial charge is 0.475 e. The molecule has 1 aromatic heterocycles. The van der Waals surface area contributed by atoms with Crippen LogP contribution in [0.1, 0.15) is 10.6 Å². The highest BCUT2D eigenvalue weighted by Gasteiger charge is 2.10. The van der Waals surface area contributed by atoms with Crippen LogP contribution in [-0.2, 0) is 0 Å². The molecule has 17 heavy (non-hydrogen) atoms. The Labute approximate surface area is 102 Å². The molecular formula is C10H10ClN3O3. The van der Waals surface area contributed by atoms with Crippen LogP contribution in [0.4, 0.5) is 5.69 Å². The predicted molar refractivity (Wildman–Crippen MR) is 65.9 cm³/mol. The van der Waals surface area contributed by atoms with Crippen LogP contribution in [0.5, 0.6) is 0 Å². The van der Waals surface area contributed by atoms with Gasteiger partial charge < -0.3 is 21.0 Å². The van der Waals surface area contributed by atoms with E-state index in [9.17, 15) is 4.79 Å². The van der Waals surface area contributed by atoms with Crippen molar-refractivity contribution in [2.45, 2.75) is 0 Å². The maximum atomic E-state index is 10.7. The highest BCUT2D eigenvalue weighted by atomic mass is 35.5. The number of furan rings is 1. The lowest BCUT2D eigenvalue weighted by molar-refractivity contribution is 0.0665. The van der Waals surface area contributed by atoms with Gasteiger partial charge in [0.1, 0.15) is 5.58 Å². The normalized spacial score (nSPS) is 9.65. The number of nitrogens with zero attached hydrogens (tertiary/aromatic N) is 1. The minimum absolute atomic E-state index is 0. The summed E-state index contributed by atoms with van der Waals surface area (Å²) < 4.78 is 5.08. The zero-order valence-electron chi connectivity index (χ0n) is 8.58. The molecule has 90 valence electrons. The van der Waals surface area contributed by atoms with E-state index in [0.717, 1.165) is 0 Å². The first-order valence-corrected chi connectivity index (χ1v) is 4.43. The molecule has 0 atom stereocenters. The molecule has 1 heterocycles. The van der Waals surface area contributed by atoms with Gasteiger partial charge in [-0.05, 0) is 24.3 Å². The van der Waals surface area contributed by atoms with Gasteiger partial charge in [-0.1, -0.05) is 0 Å². The van der Waals surface area contributed by atoms with Crippen molar-refractivity contribution in [3.63, 3.8) is 0 Å². The average Bonchev–Trinajstić information content (AvgIpc) is 2.59. The summed E-state index contributed by atoms with van der Waals surface area (Å²) in [5.74, 6) is -1.28. The Bertz CT molecular complexity index is 587. The summed E-state index contributed by atoms with van der Waals surface area (Å²) in [4.78, 5) is 14.5. The van der Waals surface area contributed by atoms with Gasteiger partial charge in [-0.2, -0.15) is 0 Å². The van der Waals surface area contributed by atoms with Crippen molar-refractivity contribution in [3.05, 3.63) is 30.0 Å². The number of rotatable bonds is 2. The molecule has 5 N–H and O–H groups in total. The molecular weight excluding hydrogens is 246 g/mol. The number of fused-ring (bicyclic) bond motifs is 1. The number of benzene rings is 1. The Hall–Kier alpha value is -2.21. The van der Waals surface area contributed by atoms with Gasteiger partial charge in [0.2, 0.25) is 5.76 Å². The lowest BCUT2D eigenvalue weighted by Crippen LogP contribution is -2.21. The van der Waals surface area contributed by atoms with E-state index in [1.165, 1.54) is 6.07 Å². The molecule has 0 saturated heterocycles. The molecule has 6 nitrogen and oxygen atoms in total. The van der Waals surface area contributed by atoms with Gasteiger partial charge in [0, 0.05) is 5.39 Å². The van der Waals surface area contributed by atoms with Crippen LogP contribution in [-0.4, -0.2) is 17.0 Å². The van der Waals surface area contributed by atoms with E-state index >= 15 is 0 Å². The second-order valence-corrected chi connectivity index (χ2v) is 3.17. The van der Waals surface area contributed by atoms with Crippen molar-refractivity contribution < 1.29 is 14.3 Å². The van der Waals surface area contributed by atoms with Crippen LogP contribution < -0.4 is 11.5 Å². The van der Waals surface area contributed by atoms with E-state index in [4.69, 9.17) is 21.0 Å². The molecule has 0 unspecified atom stereocenters. The van der Waals surface area contributed by atoms with Gasteiger partial charge in [0.15, 0.2) is 5.96 Å². The van der Waals surface area contributed by atoms with Crippen molar-refractivity contribution in [2.75, 3.05) is 0 Å². The fraction of sp³-hybridized carbons (Fsp3) is 0. The number of carboxylic acid groups (broad SMARTS) is 1. The van der Waals surface area contributed by atoms with E-state index in [1.54, 1.807) is 18.2 Å². The first-order valence-electron chi connectivity index (χ1n) is 4.43. The molecule has 2 aromatic rings. The fourth-order valence-electron chi connectivity index (χ4n) is 1.35. The van der Waals surface area contributed by atoms with Crippen LogP contribution in [0, 0.1) is 0 Å². The Kier molecular flexibility index (Phi) is 3.59. The number of carbonyl (C=O) groups is 1. The van der Waals surface area contributed by atoms with Crippen molar-refractivity contribution in [2.24, 2.45) is 16.5 Å². The van der Waals surface area contributed by atoms with Crippen molar-refractivity contribution in [1.29, 1.82) is 0 Å². The number of aliphatic imine (C=N–C) groups is 1. The summed E-state index contributed by atoms with van der Waals surface area (Å²) in [6.07, 6.45) is 0. The second kappa shape index (κ2) is 4.75. The zero-order valence-corrected chi connectivity index (χ0v) is 9.40. The van der Waals surface area contributed by atoms with E-state index < -0.39 is 5.97 Å². The number of aromatic carboxylic acids is 1. The SMILES string of the molecule is Cl.NC(N)=Nc1ccc2oc(C(=O)O)cc2c1. The molecule has 0 spiro atoms. The number of halogens is 1. The molecule has 0 bridgehead atoms. The first kappa shape index (κ1) is 12.9. The van der Waals surface area contributed by atoms with Gasteiger partial charge in [-0.15, -0.1) is 12.4 Å². The summed E-state index contributed by atoms with van der Waals surface area (Å²) in [5.41, 5.74) is 11.5. The average molecular weight is 256 g/mol. The fourth-order valence-corrected chi connectivity index (χ4v) is 1.35. The minimum Gasteiger partial charge on any atom is -0.475 e. The number of guanidine groups is 1. The second-order valence-electron chi connectivity index (χ2n) is 3.17. The van der Waals surface area contributed by atoms with E-state index in [0.29, 0.717) is 16.7 Å². The molecule has 7 heteroatoms. The number of nitrogens with two attached hydrogens (primary N) is 2. The van der Waals surface area contributed by atoms with Crippen LogP contribution >= 0.6 is 12.4 Å². The minimum atomic E-state index is -1.11. The summed E-state index contributed by atoms with van der Waals surface area (Å²) in [6.45, 7) is 0. The van der Waals surface area contributed by atoms with Gasteiger partial charge in [0.05, 0.1) is 5.69 Å². The van der Waals surface area contributed by atoms with E-state index in [1.807, 2.05) is 0 Å². The maximum absolute atomic E-state index is 10.7. The summed E-state index contributed by atoms with van der Waals surface area (Å²) in [5, 5.41) is 9.38. The Morgan fingerprint density at radius 1 is 1.29 bits per heavy atom. The third-order valence-corrected chi connectivity index (χ3v) is 1.97. The molecule has 0 radical (unpaired) electrons. The predicted octanol–water partition coefficient (Wildman–Crippen LogP) is 1.46. The van der Waals surface area contributed by atoms with Gasteiger partial charge in [-0.3, -0.25) is 0 Å². The van der Waals surface area contributed by atoms with Crippen LogP contribution in [0.2, 0.25) is 0 Å². The molecule has 0 amide bonds. The Balaban J connectivity index is 0.00000144. The van der Waals surface area contributed by atoms with Crippen LogP contribution in [0.25, 0.3) is 11.0 Å². The standard InChI is InChI=1S/C10H9N3O3.ClH/c11-10(12)13-6-1-2-7-5(3-6)4-8(16-7)9(14)15;/h1-4H,(H,14,15)(H4,11,12,13);1H. The molecule has 0 aliphatic heterocycles. The monoisotopic (exact) mass is 255 g/mol. The van der Waals surface area contributed by atoms with Crippen molar-refractivity contribution >= 4 is 41.0 Å². The summed E-state index contributed by atoms with van der Waals surface area (Å²) >= 11 is 0. The summed E-state index contributed by atoms with van der Waals surface area (Å²) in [7, 11) is 0. The van der Waals surface area contributed by atoms with Crippen molar-refractivity contribution in [1.82, 2.24) is 0 Å². The highest BCUT2D eigenvalue weighted by Crippen LogP contribution is 2.24. The number of hydrogen-bond donors (Lipinski definition) is 3.